The lowest BCUT2D eigenvalue weighted by Gasteiger charge is -1.82. The van der Waals surface area contributed by atoms with Gasteiger partial charge in [0.1, 0.15) is 6.61 Å². The molecule has 0 heterocycles. The predicted molar refractivity (Wildman–Crippen MR) is 53.4 cm³/mol. The molecule has 106 valence electrons. The molecule has 0 aromatic rings. The van der Waals surface area contributed by atoms with E-state index in [0.29, 0.717) is 12.2 Å². The number of carbonyl (C=O) groups is 3. The van der Waals surface area contributed by atoms with Gasteiger partial charge in [-0.25, -0.2) is 18.9 Å². The molecule has 0 bridgehead atoms. The highest BCUT2D eigenvalue weighted by Gasteiger charge is 2.00. The Morgan fingerprint density at radius 1 is 0.889 bits per heavy atom. The van der Waals surface area contributed by atoms with Crippen molar-refractivity contribution in [2.24, 2.45) is 0 Å². The molecule has 0 spiro atoms. The molecular formula is C6H11O11P. The molecule has 0 saturated heterocycles. The van der Waals surface area contributed by atoms with Gasteiger partial charge in [-0.2, -0.15) is 0 Å². The van der Waals surface area contributed by atoms with Crippen LogP contribution in [0.5, 0.6) is 0 Å². The van der Waals surface area contributed by atoms with Crippen LogP contribution in [-0.2, 0) is 18.9 Å². The van der Waals surface area contributed by atoms with Crippen molar-refractivity contribution in [2.75, 3.05) is 6.61 Å². The number of hydrogen-bond donors (Lipinski definition) is 7. The zero-order chi connectivity index (χ0) is 15.4. The van der Waals surface area contributed by atoms with E-state index in [1.807, 2.05) is 0 Å². The molecule has 7 N–H and O–H groups in total. The first kappa shape index (κ1) is 21.5. The zero-order valence-corrected chi connectivity index (χ0v) is 9.47. The fraction of sp³-hybridized carbons (Fsp3) is 0.167. The Hall–Kier alpha value is -1.78. The van der Waals surface area contributed by atoms with E-state index in [2.05, 4.69) is 0 Å². The summed E-state index contributed by atoms with van der Waals surface area (Å²) in [6.45, 7) is -0.778. The van der Waals surface area contributed by atoms with Crippen molar-refractivity contribution in [3.05, 3.63) is 12.2 Å². The van der Waals surface area contributed by atoms with Gasteiger partial charge in [-0.3, -0.25) is 0 Å². The van der Waals surface area contributed by atoms with Gasteiger partial charge in [0.15, 0.2) is 0 Å². The molecule has 18 heavy (non-hydrogen) atoms. The molecule has 0 fully saturated rings. The summed E-state index contributed by atoms with van der Waals surface area (Å²) < 4.78 is 8.88. The summed E-state index contributed by atoms with van der Waals surface area (Å²) in [4.78, 5) is 49.8. The van der Waals surface area contributed by atoms with Crippen molar-refractivity contribution in [2.45, 2.75) is 0 Å². The van der Waals surface area contributed by atoms with E-state index in [4.69, 9.17) is 44.5 Å². The highest BCUT2D eigenvalue weighted by molar-refractivity contribution is 7.45. The van der Waals surface area contributed by atoms with Crippen molar-refractivity contribution in [1.29, 1.82) is 0 Å². The minimum absolute atomic E-state index is 0.558. The summed E-state index contributed by atoms with van der Waals surface area (Å²) >= 11 is 0. The fourth-order valence-corrected chi connectivity index (χ4v) is 0.143. The fourth-order valence-electron chi connectivity index (χ4n) is 0.143. The van der Waals surface area contributed by atoms with Gasteiger partial charge >= 0.3 is 25.7 Å². The van der Waals surface area contributed by atoms with E-state index < -0.39 is 32.3 Å². The molecule has 0 aliphatic carbocycles. The maximum Gasteiger partial charge on any atom is 0.466 e. The summed E-state index contributed by atoms with van der Waals surface area (Å²) in [5, 5.41) is 30.6. The summed E-state index contributed by atoms with van der Waals surface area (Å²) in [6.07, 6.45) is 1.12. The lowest BCUT2D eigenvalue weighted by Crippen LogP contribution is -1.98. The van der Waals surface area contributed by atoms with Crippen molar-refractivity contribution in [3.63, 3.8) is 0 Å². The maximum atomic E-state index is 9.55. The average molecular weight is 290 g/mol. The minimum Gasteiger partial charge on any atom is -0.480 e. The molecular weight excluding hydrogens is 279 g/mol. The smallest absolute Gasteiger partial charge is 0.466 e. The highest BCUT2D eigenvalue weighted by Crippen LogP contribution is 2.25. The number of hydrogen-bond acceptors (Lipinski definition) is 5. The first-order valence-corrected chi connectivity index (χ1v) is 5.21. The van der Waals surface area contributed by atoms with Gasteiger partial charge in [-0.1, -0.05) is 0 Å². The number of rotatable bonds is 3. The van der Waals surface area contributed by atoms with Gasteiger partial charge in [0.25, 0.3) is 0 Å². The van der Waals surface area contributed by atoms with E-state index >= 15 is 0 Å². The largest absolute Gasteiger partial charge is 0.480 e. The van der Waals surface area contributed by atoms with Crippen LogP contribution in [0.4, 0.5) is 0 Å². The highest BCUT2D eigenvalue weighted by atomic mass is 31.2. The topological polar surface area (TPSA) is 210 Å². The van der Waals surface area contributed by atoms with Crippen LogP contribution in [0.1, 0.15) is 0 Å². The lowest BCUT2D eigenvalue weighted by molar-refractivity contribution is -0.140. The quantitative estimate of drug-likeness (QED) is 0.220. The zero-order valence-electron chi connectivity index (χ0n) is 8.57. The van der Waals surface area contributed by atoms with E-state index in [1.54, 1.807) is 0 Å². The second-order valence-electron chi connectivity index (χ2n) is 2.07. The third kappa shape index (κ3) is 91.2. The van der Waals surface area contributed by atoms with Gasteiger partial charge in [0.2, 0.25) is 0 Å². The molecule has 0 aliphatic rings. The van der Waals surface area contributed by atoms with E-state index in [1.165, 1.54) is 0 Å². The summed E-state index contributed by atoms with van der Waals surface area (Å²) in [5.41, 5.74) is 0. The number of aliphatic hydroxyl groups is 1. The molecule has 0 aromatic carbocycles. The summed E-state index contributed by atoms with van der Waals surface area (Å²) in [7, 11) is -4.64. The molecule has 0 saturated carbocycles. The SMILES string of the molecule is O=C(O)C=CC(=O)O.O=C(O)CO.O=P(O)(O)O. The van der Waals surface area contributed by atoms with Crippen LogP contribution in [0.25, 0.3) is 0 Å². The Morgan fingerprint density at radius 3 is 1.11 bits per heavy atom. The van der Waals surface area contributed by atoms with Crippen molar-refractivity contribution in [3.8, 4) is 0 Å². The molecule has 12 heteroatoms. The molecule has 11 nitrogen and oxygen atoms in total. The van der Waals surface area contributed by atoms with E-state index in [0.717, 1.165) is 0 Å². The first-order chi connectivity index (χ1) is 7.90. The van der Waals surface area contributed by atoms with Crippen LogP contribution in [-0.4, -0.2) is 59.6 Å². The maximum absolute atomic E-state index is 9.55. The molecule has 0 radical (unpaired) electrons. The second-order valence-corrected chi connectivity index (χ2v) is 3.10. The molecule has 0 amide bonds. The van der Waals surface area contributed by atoms with Crippen LogP contribution in [0.2, 0.25) is 0 Å². The van der Waals surface area contributed by atoms with Gasteiger partial charge in [0, 0.05) is 12.2 Å². The number of aliphatic carboxylic acids is 3. The molecule has 0 unspecified atom stereocenters. The van der Waals surface area contributed by atoms with Crippen LogP contribution in [0, 0.1) is 0 Å². The van der Waals surface area contributed by atoms with Gasteiger partial charge in [-0.05, 0) is 0 Å². The first-order valence-electron chi connectivity index (χ1n) is 3.65. The number of phosphoric acid groups is 1. The monoisotopic (exact) mass is 290 g/mol. The second kappa shape index (κ2) is 11.7. The molecule has 0 aliphatic heterocycles. The van der Waals surface area contributed by atoms with Crippen LogP contribution >= 0.6 is 7.82 Å². The van der Waals surface area contributed by atoms with Gasteiger partial charge in [0.05, 0.1) is 0 Å². The third-order valence-corrected chi connectivity index (χ3v) is 0.504. The Balaban J connectivity index is -0.000000197. The standard InChI is InChI=1S/C4H4O4.C2H4O3.H3O4P/c5-3(6)1-2-4(7)8;3-1-2(4)5;1-5(2,3)4/h1-2H,(H,5,6)(H,7,8);3H,1H2,(H,4,5);(H3,1,2,3,4). The number of carboxylic acid groups (broad SMARTS) is 3. The van der Waals surface area contributed by atoms with E-state index in [-0.39, 0.29) is 0 Å². The normalized spacial score (nSPS) is 9.56. The van der Waals surface area contributed by atoms with Crippen LogP contribution in [0.3, 0.4) is 0 Å². The Kier molecular flexibility index (Phi) is 14.0. The summed E-state index contributed by atoms with van der Waals surface area (Å²) in [6, 6.07) is 0. The number of aliphatic hydroxyl groups excluding tert-OH is 1. The average Bonchev–Trinajstić information content (AvgIpc) is 2.13. The molecule has 0 rings (SSSR count). The van der Waals surface area contributed by atoms with Crippen molar-refractivity contribution >= 4 is 25.7 Å². The van der Waals surface area contributed by atoms with E-state index in [9.17, 15) is 9.59 Å². The third-order valence-electron chi connectivity index (χ3n) is 0.504. The molecule has 0 atom stereocenters. The van der Waals surface area contributed by atoms with Gasteiger partial charge < -0.3 is 35.1 Å². The Bertz CT molecular complexity index is 315. The van der Waals surface area contributed by atoms with Crippen LogP contribution in [0.15, 0.2) is 12.2 Å². The lowest BCUT2D eigenvalue weighted by atomic mass is 10.5. The molecule has 0 aromatic heterocycles. The Labute approximate surface area is 99.5 Å². The van der Waals surface area contributed by atoms with Crippen molar-refractivity contribution < 1.29 is 54.1 Å². The predicted octanol–water partition coefficient (Wildman–Crippen LogP) is -2.15. The summed E-state index contributed by atoms with van der Waals surface area (Å²) in [5.74, 6) is -3.70. The Morgan fingerprint density at radius 2 is 1.06 bits per heavy atom. The van der Waals surface area contributed by atoms with Crippen molar-refractivity contribution in [1.82, 2.24) is 0 Å². The minimum atomic E-state index is -4.64. The van der Waals surface area contributed by atoms with Gasteiger partial charge in [-0.15, -0.1) is 0 Å². The number of carboxylic acids is 3. The van der Waals surface area contributed by atoms with Crippen LogP contribution < -0.4 is 0 Å².